The standard InChI is InChI=1S/C13H17NO3/c1-8-6-10(13(16)17-3)7-11(9(8)2)12(15)4-5-14/h6-7H,4-5,14H2,1-3H3. The quantitative estimate of drug-likeness (QED) is 0.636. The van der Waals surface area contributed by atoms with Gasteiger partial charge < -0.3 is 10.5 Å². The number of hydrogen-bond donors (Lipinski definition) is 1. The number of ether oxygens (including phenoxy) is 1. The van der Waals surface area contributed by atoms with Crippen LogP contribution < -0.4 is 5.73 Å². The van der Waals surface area contributed by atoms with E-state index in [1.807, 2.05) is 13.8 Å². The van der Waals surface area contributed by atoms with Crippen LogP contribution in [0.4, 0.5) is 0 Å². The largest absolute Gasteiger partial charge is 0.465 e. The maximum Gasteiger partial charge on any atom is 0.337 e. The fourth-order valence-corrected chi connectivity index (χ4v) is 1.65. The summed E-state index contributed by atoms with van der Waals surface area (Å²) in [5.41, 5.74) is 8.10. The molecule has 0 saturated carbocycles. The Kier molecular flexibility index (Phi) is 4.40. The molecular formula is C13H17NO3. The number of aryl methyl sites for hydroxylation is 1. The van der Waals surface area contributed by atoms with Crippen LogP contribution in [0.15, 0.2) is 12.1 Å². The van der Waals surface area contributed by atoms with E-state index in [2.05, 4.69) is 4.74 Å². The van der Waals surface area contributed by atoms with Crippen LogP contribution in [0.25, 0.3) is 0 Å². The van der Waals surface area contributed by atoms with Gasteiger partial charge in [0.15, 0.2) is 5.78 Å². The highest BCUT2D eigenvalue weighted by molar-refractivity contribution is 6.00. The molecule has 1 aromatic rings. The zero-order valence-corrected chi connectivity index (χ0v) is 10.4. The Bertz CT molecular complexity index is 452. The first-order chi connectivity index (χ1) is 8.01. The number of ketones is 1. The molecule has 0 saturated heterocycles. The van der Waals surface area contributed by atoms with Gasteiger partial charge >= 0.3 is 5.97 Å². The summed E-state index contributed by atoms with van der Waals surface area (Å²) in [5.74, 6) is -0.478. The Morgan fingerprint density at radius 1 is 1.29 bits per heavy atom. The van der Waals surface area contributed by atoms with Gasteiger partial charge in [0, 0.05) is 12.0 Å². The normalized spacial score (nSPS) is 10.1. The SMILES string of the molecule is COC(=O)c1cc(C)c(C)c(C(=O)CCN)c1. The van der Waals surface area contributed by atoms with E-state index in [4.69, 9.17) is 5.73 Å². The first-order valence-electron chi connectivity index (χ1n) is 5.44. The fraction of sp³-hybridized carbons (Fsp3) is 0.385. The first-order valence-corrected chi connectivity index (χ1v) is 5.44. The van der Waals surface area contributed by atoms with Crippen LogP contribution in [0, 0.1) is 13.8 Å². The maximum absolute atomic E-state index is 11.8. The van der Waals surface area contributed by atoms with Gasteiger partial charge in [-0.05, 0) is 43.7 Å². The number of Topliss-reactive ketones (excluding diaryl/α,β-unsaturated/α-hetero) is 1. The number of nitrogens with two attached hydrogens (primary N) is 1. The van der Waals surface area contributed by atoms with Crippen LogP contribution in [-0.2, 0) is 4.74 Å². The van der Waals surface area contributed by atoms with E-state index < -0.39 is 5.97 Å². The molecule has 0 atom stereocenters. The molecule has 0 bridgehead atoms. The molecule has 0 fully saturated rings. The highest BCUT2D eigenvalue weighted by atomic mass is 16.5. The second-order valence-electron chi connectivity index (χ2n) is 3.92. The van der Waals surface area contributed by atoms with E-state index in [1.165, 1.54) is 7.11 Å². The second kappa shape index (κ2) is 5.59. The summed E-state index contributed by atoms with van der Waals surface area (Å²) in [6.07, 6.45) is 0.283. The van der Waals surface area contributed by atoms with Gasteiger partial charge in [-0.15, -0.1) is 0 Å². The first kappa shape index (κ1) is 13.4. The van der Waals surface area contributed by atoms with Crippen molar-refractivity contribution in [3.05, 3.63) is 34.4 Å². The van der Waals surface area contributed by atoms with Gasteiger partial charge in [0.2, 0.25) is 0 Å². The van der Waals surface area contributed by atoms with Crippen molar-refractivity contribution in [2.75, 3.05) is 13.7 Å². The minimum atomic E-state index is -0.435. The molecule has 4 nitrogen and oxygen atoms in total. The lowest BCUT2D eigenvalue weighted by Gasteiger charge is -2.10. The third-order valence-corrected chi connectivity index (χ3v) is 2.76. The monoisotopic (exact) mass is 235 g/mol. The van der Waals surface area contributed by atoms with Gasteiger partial charge in [-0.2, -0.15) is 0 Å². The van der Waals surface area contributed by atoms with Gasteiger partial charge in [0.1, 0.15) is 0 Å². The Morgan fingerprint density at radius 3 is 2.47 bits per heavy atom. The van der Waals surface area contributed by atoms with Gasteiger partial charge in [-0.3, -0.25) is 4.79 Å². The number of carbonyl (C=O) groups excluding carboxylic acids is 2. The van der Waals surface area contributed by atoms with Crippen LogP contribution in [0.2, 0.25) is 0 Å². The second-order valence-corrected chi connectivity index (χ2v) is 3.92. The van der Waals surface area contributed by atoms with Crippen molar-refractivity contribution in [2.45, 2.75) is 20.3 Å². The average molecular weight is 235 g/mol. The predicted molar refractivity (Wildman–Crippen MR) is 65.3 cm³/mol. The molecule has 0 aliphatic heterocycles. The molecule has 1 aromatic carbocycles. The molecule has 92 valence electrons. The Labute approximate surface area is 101 Å². The average Bonchev–Trinajstić information content (AvgIpc) is 2.31. The molecule has 17 heavy (non-hydrogen) atoms. The summed E-state index contributed by atoms with van der Waals surface area (Å²) in [4.78, 5) is 23.3. The third kappa shape index (κ3) is 2.91. The molecule has 0 unspecified atom stereocenters. The zero-order chi connectivity index (χ0) is 13.0. The summed E-state index contributed by atoms with van der Waals surface area (Å²) in [6, 6.07) is 3.30. The third-order valence-electron chi connectivity index (χ3n) is 2.76. The lowest BCUT2D eigenvalue weighted by molar-refractivity contribution is 0.0600. The highest BCUT2D eigenvalue weighted by Crippen LogP contribution is 2.18. The highest BCUT2D eigenvalue weighted by Gasteiger charge is 2.15. The van der Waals surface area contributed by atoms with Crippen molar-refractivity contribution in [1.29, 1.82) is 0 Å². The lowest BCUT2D eigenvalue weighted by atomic mass is 9.95. The van der Waals surface area contributed by atoms with Crippen LogP contribution in [0.3, 0.4) is 0 Å². The summed E-state index contributed by atoms with van der Waals surface area (Å²) < 4.78 is 4.65. The van der Waals surface area contributed by atoms with E-state index in [0.29, 0.717) is 17.7 Å². The van der Waals surface area contributed by atoms with Crippen molar-refractivity contribution in [3.63, 3.8) is 0 Å². The van der Waals surface area contributed by atoms with Crippen LogP contribution in [-0.4, -0.2) is 25.4 Å². The van der Waals surface area contributed by atoms with Crippen molar-refractivity contribution in [3.8, 4) is 0 Å². The van der Waals surface area contributed by atoms with Gasteiger partial charge in [0.25, 0.3) is 0 Å². The molecule has 0 spiro atoms. The van der Waals surface area contributed by atoms with Crippen molar-refractivity contribution >= 4 is 11.8 Å². The molecule has 4 heteroatoms. The van der Waals surface area contributed by atoms with E-state index >= 15 is 0 Å². The number of methoxy groups -OCH3 is 1. The van der Waals surface area contributed by atoms with E-state index in [0.717, 1.165) is 11.1 Å². The number of esters is 1. The summed E-state index contributed by atoms with van der Waals surface area (Å²) in [5, 5.41) is 0. The smallest absolute Gasteiger partial charge is 0.337 e. The number of rotatable bonds is 4. The lowest BCUT2D eigenvalue weighted by Crippen LogP contribution is -2.12. The summed E-state index contributed by atoms with van der Waals surface area (Å²) >= 11 is 0. The van der Waals surface area contributed by atoms with Crippen LogP contribution >= 0.6 is 0 Å². The van der Waals surface area contributed by atoms with Crippen molar-refractivity contribution in [2.24, 2.45) is 5.73 Å². The predicted octanol–water partition coefficient (Wildman–Crippen LogP) is 1.62. The summed E-state index contributed by atoms with van der Waals surface area (Å²) in [7, 11) is 1.32. The molecule has 0 heterocycles. The van der Waals surface area contributed by atoms with E-state index in [-0.39, 0.29) is 12.2 Å². The van der Waals surface area contributed by atoms with Crippen molar-refractivity contribution in [1.82, 2.24) is 0 Å². The minimum Gasteiger partial charge on any atom is -0.465 e. The van der Waals surface area contributed by atoms with Crippen LogP contribution in [0.5, 0.6) is 0 Å². The van der Waals surface area contributed by atoms with Gasteiger partial charge in [-0.25, -0.2) is 4.79 Å². The minimum absolute atomic E-state index is 0.0427. The van der Waals surface area contributed by atoms with E-state index in [9.17, 15) is 9.59 Å². The molecule has 0 radical (unpaired) electrons. The number of hydrogen-bond acceptors (Lipinski definition) is 4. The van der Waals surface area contributed by atoms with Gasteiger partial charge in [0.05, 0.1) is 12.7 Å². The molecular weight excluding hydrogens is 218 g/mol. The molecule has 1 rings (SSSR count). The molecule has 0 aliphatic carbocycles. The zero-order valence-electron chi connectivity index (χ0n) is 10.4. The molecule has 0 amide bonds. The Balaban J connectivity index is 3.24. The van der Waals surface area contributed by atoms with Crippen LogP contribution in [0.1, 0.15) is 38.3 Å². The molecule has 0 aliphatic rings. The summed E-state index contributed by atoms with van der Waals surface area (Å²) in [6.45, 7) is 4.03. The van der Waals surface area contributed by atoms with Crippen molar-refractivity contribution < 1.29 is 14.3 Å². The topological polar surface area (TPSA) is 69.4 Å². The Morgan fingerprint density at radius 2 is 1.94 bits per heavy atom. The van der Waals surface area contributed by atoms with E-state index in [1.54, 1.807) is 12.1 Å². The maximum atomic E-state index is 11.8. The molecule has 2 N–H and O–H groups in total. The number of carbonyl (C=O) groups is 2. The van der Waals surface area contributed by atoms with Gasteiger partial charge in [-0.1, -0.05) is 0 Å². The molecule has 0 aromatic heterocycles. The number of benzene rings is 1. The fourth-order valence-electron chi connectivity index (χ4n) is 1.65. The Hall–Kier alpha value is -1.68.